The third kappa shape index (κ3) is 5.04. The molecule has 0 saturated carbocycles. The zero-order valence-electron chi connectivity index (χ0n) is 20.4. The quantitative estimate of drug-likeness (QED) is 0.216. The second-order valence-corrected chi connectivity index (χ2v) is 10.3. The van der Waals surface area contributed by atoms with Gasteiger partial charge in [-0.05, 0) is 42.5 Å². The van der Waals surface area contributed by atoms with Crippen LogP contribution >= 0.6 is 23.5 Å². The van der Waals surface area contributed by atoms with Crippen molar-refractivity contribution >= 4 is 34.7 Å². The average molecular weight is 581 g/mol. The molecule has 0 radical (unpaired) electrons. The fourth-order valence-electron chi connectivity index (χ4n) is 3.88. The first kappa shape index (κ1) is 27.2. The molecular weight excluding hydrogens is 569 g/mol. The van der Waals surface area contributed by atoms with Crippen LogP contribution in [0.15, 0.2) is 86.3 Å². The van der Waals surface area contributed by atoms with E-state index in [0.717, 1.165) is 19.6 Å². The molecule has 1 aliphatic heterocycles. The van der Waals surface area contributed by atoms with Crippen molar-refractivity contribution in [2.24, 2.45) is 0 Å². The lowest BCUT2D eigenvalue weighted by molar-refractivity contribution is 0.385. The summed E-state index contributed by atoms with van der Waals surface area (Å²) in [6.07, 6.45) is 0. The third-order valence-electron chi connectivity index (χ3n) is 5.72. The van der Waals surface area contributed by atoms with E-state index in [1.54, 1.807) is 41.7 Å². The van der Waals surface area contributed by atoms with E-state index in [1.807, 2.05) is 30.3 Å². The minimum atomic E-state index is -1.92. The van der Waals surface area contributed by atoms with E-state index >= 15 is 8.78 Å². The van der Waals surface area contributed by atoms with E-state index < -0.39 is 44.8 Å². The highest BCUT2D eigenvalue weighted by Crippen LogP contribution is 2.49. The van der Waals surface area contributed by atoms with Crippen molar-refractivity contribution in [3.8, 4) is 47.3 Å². The Morgan fingerprint density at radius 3 is 1.66 bits per heavy atom. The van der Waals surface area contributed by atoms with Gasteiger partial charge in [0.05, 0.1) is 10.4 Å². The van der Waals surface area contributed by atoms with Gasteiger partial charge in [0.1, 0.15) is 41.2 Å². The van der Waals surface area contributed by atoms with Crippen LogP contribution < -0.4 is 19.9 Å². The molecule has 0 spiro atoms. The molecule has 0 aliphatic carbocycles. The number of halogens is 3. The van der Waals surface area contributed by atoms with Crippen LogP contribution in [0, 0.1) is 62.8 Å². The molecule has 1 heterocycles. The van der Waals surface area contributed by atoms with Gasteiger partial charge in [-0.15, -0.1) is 0 Å². The molecule has 41 heavy (non-hydrogen) atoms. The molecule has 4 aromatic carbocycles. The van der Waals surface area contributed by atoms with Crippen LogP contribution in [0.25, 0.3) is 11.1 Å². The van der Waals surface area contributed by atoms with Crippen LogP contribution in [0.3, 0.4) is 0 Å². The largest absolute Gasteiger partial charge is 0.453 e. The summed E-state index contributed by atoms with van der Waals surface area (Å²) in [5.74, 6) is -6.20. The zero-order chi connectivity index (χ0) is 29.1. The Kier molecular flexibility index (Phi) is 7.59. The van der Waals surface area contributed by atoms with Gasteiger partial charge in [-0.3, -0.25) is 0 Å². The zero-order valence-corrected chi connectivity index (χ0v) is 22.0. The molecule has 4 aromatic rings. The van der Waals surface area contributed by atoms with Crippen molar-refractivity contribution in [2.75, 3.05) is 0 Å². The van der Waals surface area contributed by atoms with E-state index in [1.165, 1.54) is 42.5 Å². The Labute approximate surface area is 239 Å². The molecule has 0 atom stereocenters. The number of ether oxygens (including phenoxy) is 2. The number of nitriles is 4. The molecule has 0 N–H and O–H groups in total. The molecule has 1 aliphatic rings. The highest BCUT2D eigenvalue weighted by Gasteiger charge is 2.25. The van der Waals surface area contributed by atoms with Crippen molar-refractivity contribution in [3.05, 3.63) is 94.6 Å². The van der Waals surface area contributed by atoms with Gasteiger partial charge in [0, 0.05) is 19.6 Å². The molecule has 0 fully saturated rings. The maximum absolute atomic E-state index is 15.7. The van der Waals surface area contributed by atoms with E-state index in [2.05, 4.69) is 0 Å². The van der Waals surface area contributed by atoms with Crippen molar-refractivity contribution in [1.29, 1.82) is 21.0 Å². The molecule has 0 aromatic heterocycles. The predicted octanol–water partition coefficient (Wildman–Crippen LogP) is 6.70. The Bertz CT molecular complexity index is 2020. The van der Waals surface area contributed by atoms with Gasteiger partial charge in [-0.25, -0.2) is 13.2 Å². The van der Waals surface area contributed by atoms with Crippen LogP contribution in [-0.4, -0.2) is 0 Å². The molecule has 0 unspecified atom stereocenters. The van der Waals surface area contributed by atoms with Crippen LogP contribution in [0.4, 0.5) is 13.2 Å². The standard InChI is InChI=1S/C30H11F3N4O2S2/c31-27-25(16(12-34)13-35)29(33)30(26(28(27)32)17(14-36)15-37)39-20-6-2-1-5-19(20)38-18-9-10-23-24(11-18)41-22-8-4-3-7-21(22)40-23/h1-11H. The first-order valence-electron chi connectivity index (χ1n) is 11.5. The van der Waals surface area contributed by atoms with Crippen LogP contribution in [-0.2, 0) is 0 Å². The normalized spacial score (nSPS) is 11.0. The highest BCUT2D eigenvalue weighted by atomic mass is 32.2. The minimum Gasteiger partial charge on any atom is -0.453 e. The van der Waals surface area contributed by atoms with Crippen LogP contribution in [0.1, 0.15) is 0 Å². The number of hydrogen-bond acceptors (Lipinski definition) is 8. The van der Waals surface area contributed by atoms with Crippen molar-refractivity contribution in [1.82, 2.24) is 0 Å². The fourth-order valence-corrected chi connectivity index (χ4v) is 6.12. The average Bonchev–Trinajstić information content (AvgIpc) is 2.99. The molecule has 5 rings (SSSR count). The Balaban J connectivity index is 1.61. The van der Waals surface area contributed by atoms with Gasteiger partial charge >= 0.3 is 0 Å². The lowest BCUT2D eigenvalue weighted by Crippen LogP contribution is -2.29. The predicted molar refractivity (Wildman–Crippen MR) is 143 cm³/mol. The van der Waals surface area contributed by atoms with Gasteiger partial charge in [0.2, 0.25) is 0 Å². The lowest BCUT2D eigenvalue weighted by Gasteiger charge is -2.19. The van der Waals surface area contributed by atoms with Gasteiger partial charge in [-0.2, -0.15) is 21.0 Å². The number of benzene rings is 4. The smallest absolute Gasteiger partial charge is 0.178 e. The first-order chi connectivity index (χ1) is 19.9. The molecule has 11 heteroatoms. The van der Waals surface area contributed by atoms with E-state index in [9.17, 15) is 25.4 Å². The van der Waals surface area contributed by atoms with Crippen LogP contribution in [0.2, 0.25) is 0 Å². The van der Waals surface area contributed by atoms with E-state index in [-0.39, 0.29) is 11.5 Å². The summed E-state index contributed by atoms with van der Waals surface area (Å²) < 4.78 is 57.3. The van der Waals surface area contributed by atoms with Crippen molar-refractivity contribution in [3.63, 3.8) is 0 Å². The van der Waals surface area contributed by atoms with Gasteiger partial charge in [0.25, 0.3) is 0 Å². The molecule has 0 amide bonds. The maximum Gasteiger partial charge on any atom is 0.178 e. The number of rotatable bonds is 4. The SMILES string of the molecule is N#CC(C#N)=c1c(F)c(F)c(=C(C#N)C#N)c(Oc2ccccc2Oc2ccc3c(c2)Sc2ccccc2S3)c1F. The van der Waals surface area contributed by atoms with Gasteiger partial charge in [0.15, 0.2) is 34.7 Å². The second-order valence-electron chi connectivity index (χ2n) is 8.13. The van der Waals surface area contributed by atoms with Crippen LogP contribution in [0.5, 0.6) is 23.0 Å². The Morgan fingerprint density at radius 2 is 1.05 bits per heavy atom. The molecular formula is C30H11F3N4O2S2. The third-order valence-corrected chi connectivity index (χ3v) is 8.26. The molecule has 6 nitrogen and oxygen atoms in total. The minimum absolute atomic E-state index is 0.0400. The summed E-state index contributed by atoms with van der Waals surface area (Å²) in [5.41, 5.74) is -2.05. The maximum atomic E-state index is 15.7. The monoisotopic (exact) mass is 580 g/mol. The Hall–Kier alpha value is -5.33. The van der Waals surface area contributed by atoms with Gasteiger partial charge < -0.3 is 9.47 Å². The van der Waals surface area contributed by atoms with E-state index in [4.69, 9.17) is 9.47 Å². The molecule has 0 bridgehead atoms. The summed E-state index contributed by atoms with van der Waals surface area (Å²) in [6, 6.07) is 24.6. The first-order valence-corrected chi connectivity index (χ1v) is 13.1. The lowest BCUT2D eigenvalue weighted by atomic mass is 10.1. The van der Waals surface area contributed by atoms with Gasteiger partial charge in [-0.1, -0.05) is 47.8 Å². The van der Waals surface area contributed by atoms with E-state index in [0.29, 0.717) is 5.75 Å². The van der Waals surface area contributed by atoms with Crippen molar-refractivity contribution < 1.29 is 22.6 Å². The molecule has 196 valence electrons. The topological polar surface area (TPSA) is 114 Å². The number of fused-ring (bicyclic) bond motifs is 2. The number of para-hydroxylation sites is 2. The summed E-state index contributed by atoms with van der Waals surface area (Å²) >= 11 is 3.17. The second kappa shape index (κ2) is 11.4. The number of hydrogen-bond donors (Lipinski definition) is 0. The Morgan fingerprint density at radius 1 is 0.561 bits per heavy atom. The summed E-state index contributed by atoms with van der Waals surface area (Å²) in [7, 11) is 0. The summed E-state index contributed by atoms with van der Waals surface area (Å²) in [6.45, 7) is 0. The summed E-state index contributed by atoms with van der Waals surface area (Å²) in [5, 5.41) is 34.7. The summed E-state index contributed by atoms with van der Waals surface area (Å²) in [4.78, 5) is 4.16. The highest BCUT2D eigenvalue weighted by molar-refractivity contribution is 8.05. The molecule has 0 saturated heterocycles. The fraction of sp³-hybridized carbons (Fsp3) is 0. The number of nitrogens with zero attached hydrogens (tertiary/aromatic N) is 4. The van der Waals surface area contributed by atoms with Crippen molar-refractivity contribution in [2.45, 2.75) is 19.6 Å².